The first-order chi connectivity index (χ1) is 17.3. The van der Waals surface area contributed by atoms with Gasteiger partial charge in [-0.05, 0) is 68.0 Å². The molecule has 0 radical (unpaired) electrons. The van der Waals surface area contributed by atoms with Crippen LogP contribution in [0.25, 0.3) is 0 Å². The van der Waals surface area contributed by atoms with Crippen molar-refractivity contribution in [3.05, 3.63) is 59.2 Å². The number of benzene rings is 2. The van der Waals surface area contributed by atoms with Gasteiger partial charge >= 0.3 is 0 Å². The predicted molar refractivity (Wildman–Crippen MR) is 148 cm³/mol. The smallest absolute Gasteiger partial charge is 0.242 e. The zero-order chi connectivity index (χ0) is 27.8. The summed E-state index contributed by atoms with van der Waals surface area (Å²) in [6, 6.07) is 12.2. The second-order valence-corrected chi connectivity index (χ2v) is 11.8. The fraction of sp³-hybridized carbons (Fsp3) is 0.500. The van der Waals surface area contributed by atoms with Gasteiger partial charge in [0.15, 0.2) is 0 Å². The molecule has 37 heavy (non-hydrogen) atoms. The lowest BCUT2D eigenvalue weighted by Gasteiger charge is -2.30. The second kappa shape index (κ2) is 13.5. The molecule has 0 saturated heterocycles. The fourth-order valence-corrected chi connectivity index (χ4v) is 5.01. The first kappa shape index (κ1) is 30.2. The molecule has 0 aliphatic carbocycles. The molecule has 0 aliphatic heterocycles. The highest BCUT2D eigenvalue weighted by atomic mass is 32.2. The Balaban J connectivity index is 2.21. The summed E-state index contributed by atoms with van der Waals surface area (Å²) in [6.07, 6.45) is 1.59. The van der Waals surface area contributed by atoms with E-state index in [1.165, 1.54) is 10.6 Å². The van der Waals surface area contributed by atoms with Crippen LogP contribution in [0.1, 0.15) is 50.3 Å². The molecule has 0 aliphatic rings. The number of hydrogen-bond acceptors (Lipinski definition) is 5. The van der Waals surface area contributed by atoms with Crippen molar-refractivity contribution < 1.29 is 22.7 Å². The van der Waals surface area contributed by atoms with Crippen molar-refractivity contribution in [1.82, 2.24) is 10.2 Å². The predicted octanol–water partition coefficient (Wildman–Crippen LogP) is 4.05. The second-order valence-electron chi connectivity index (χ2n) is 9.85. The number of carbonyl (C=O) groups excluding carboxylic acids is 2. The van der Waals surface area contributed by atoms with Gasteiger partial charge in [-0.3, -0.25) is 13.9 Å². The lowest BCUT2D eigenvalue weighted by molar-refractivity contribution is -0.140. The highest BCUT2D eigenvalue weighted by Crippen LogP contribution is 2.25. The highest BCUT2D eigenvalue weighted by molar-refractivity contribution is 7.92. The van der Waals surface area contributed by atoms with Crippen LogP contribution in [0.2, 0.25) is 0 Å². The van der Waals surface area contributed by atoms with E-state index in [1.807, 2.05) is 64.1 Å². The molecule has 0 heterocycles. The van der Waals surface area contributed by atoms with E-state index in [0.717, 1.165) is 16.7 Å². The molecule has 2 rings (SSSR count). The van der Waals surface area contributed by atoms with E-state index >= 15 is 0 Å². The van der Waals surface area contributed by atoms with Gasteiger partial charge < -0.3 is 15.0 Å². The lowest BCUT2D eigenvalue weighted by Crippen LogP contribution is -2.48. The van der Waals surface area contributed by atoms with Gasteiger partial charge in [-0.25, -0.2) is 8.42 Å². The Morgan fingerprint density at radius 1 is 1.05 bits per heavy atom. The van der Waals surface area contributed by atoms with Gasteiger partial charge in [0.25, 0.3) is 0 Å². The number of sulfonamides is 1. The molecule has 1 N–H and O–H groups in total. The molecule has 0 bridgehead atoms. The number of anilines is 1. The maximum atomic E-state index is 13.4. The normalized spacial score (nSPS) is 12.2. The SMILES string of the molecule is COc1cccc(CN(C(=O)CCCN(c2cccc(C)c2C)S(C)(=O)=O)C(C)C(=O)NCC(C)C)c1. The van der Waals surface area contributed by atoms with Crippen LogP contribution in [0.4, 0.5) is 5.69 Å². The third-order valence-electron chi connectivity index (χ3n) is 6.34. The number of carbonyl (C=O) groups is 2. The summed E-state index contributed by atoms with van der Waals surface area (Å²) in [4.78, 5) is 27.8. The van der Waals surface area contributed by atoms with Crippen molar-refractivity contribution in [2.75, 3.05) is 30.8 Å². The number of ether oxygens (including phenoxy) is 1. The van der Waals surface area contributed by atoms with E-state index in [9.17, 15) is 18.0 Å². The standard InChI is InChI=1S/C28H41N3O5S/c1-20(2)18-29-28(33)23(5)30(19-24-12-9-13-25(17-24)36-6)27(32)15-10-16-31(37(7,34)35)26-14-8-11-21(3)22(26)4/h8-9,11-14,17,20,23H,10,15-16,18-19H2,1-7H3,(H,29,33). The van der Waals surface area contributed by atoms with E-state index in [4.69, 9.17) is 4.74 Å². The minimum absolute atomic E-state index is 0.0999. The van der Waals surface area contributed by atoms with Crippen molar-refractivity contribution in [2.45, 2.75) is 60.0 Å². The number of rotatable bonds is 13. The molecule has 0 spiro atoms. The van der Waals surface area contributed by atoms with Gasteiger partial charge in [-0.2, -0.15) is 0 Å². The molecule has 8 nitrogen and oxygen atoms in total. The van der Waals surface area contributed by atoms with Crippen molar-refractivity contribution >= 4 is 27.5 Å². The molecule has 9 heteroatoms. The summed E-state index contributed by atoms with van der Waals surface area (Å²) in [5, 5.41) is 2.91. The van der Waals surface area contributed by atoms with Gasteiger partial charge in [0.2, 0.25) is 21.8 Å². The summed E-state index contributed by atoms with van der Waals surface area (Å²) in [5.41, 5.74) is 3.33. The van der Waals surface area contributed by atoms with Crippen molar-refractivity contribution in [3.8, 4) is 5.75 Å². The summed E-state index contributed by atoms with van der Waals surface area (Å²) in [5.74, 6) is 0.507. The van der Waals surface area contributed by atoms with Crippen LogP contribution >= 0.6 is 0 Å². The Kier molecular flexibility index (Phi) is 11.0. The zero-order valence-electron chi connectivity index (χ0n) is 23.1. The first-order valence-electron chi connectivity index (χ1n) is 12.6. The molecule has 2 amide bonds. The quantitative estimate of drug-likeness (QED) is 0.421. The van der Waals surface area contributed by atoms with E-state index in [2.05, 4.69) is 5.32 Å². The van der Waals surface area contributed by atoms with Gasteiger partial charge in [0.05, 0.1) is 19.1 Å². The number of aryl methyl sites for hydroxylation is 1. The van der Waals surface area contributed by atoms with Crippen LogP contribution in [0.15, 0.2) is 42.5 Å². The van der Waals surface area contributed by atoms with Crippen LogP contribution in [0, 0.1) is 19.8 Å². The minimum atomic E-state index is -3.55. The van der Waals surface area contributed by atoms with Crippen LogP contribution in [-0.4, -0.2) is 57.6 Å². The summed E-state index contributed by atoms with van der Waals surface area (Å²) < 4.78 is 31.9. The molecule has 0 fully saturated rings. The van der Waals surface area contributed by atoms with E-state index < -0.39 is 16.1 Å². The van der Waals surface area contributed by atoms with Gasteiger partial charge in [0.1, 0.15) is 11.8 Å². The van der Waals surface area contributed by atoms with Gasteiger partial charge in [-0.15, -0.1) is 0 Å². The maximum Gasteiger partial charge on any atom is 0.242 e. The Hall–Kier alpha value is -3.07. The number of methoxy groups -OCH3 is 1. The summed E-state index contributed by atoms with van der Waals surface area (Å²) in [6.45, 7) is 10.5. The van der Waals surface area contributed by atoms with E-state index in [1.54, 1.807) is 25.0 Å². The van der Waals surface area contributed by atoms with Crippen molar-refractivity contribution in [1.29, 1.82) is 0 Å². The number of nitrogens with one attached hydrogen (secondary N) is 1. The monoisotopic (exact) mass is 531 g/mol. The molecule has 1 unspecified atom stereocenters. The fourth-order valence-electron chi connectivity index (χ4n) is 3.99. The third-order valence-corrected chi connectivity index (χ3v) is 7.52. The van der Waals surface area contributed by atoms with Crippen LogP contribution in [-0.2, 0) is 26.2 Å². The molecule has 204 valence electrons. The first-order valence-corrected chi connectivity index (χ1v) is 14.4. The zero-order valence-corrected chi connectivity index (χ0v) is 23.9. The number of hydrogen-bond donors (Lipinski definition) is 1. The molecule has 0 aromatic heterocycles. The Morgan fingerprint density at radius 2 is 1.73 bits per heavy atom. The van der Waals surface area contributed by atoms with Crippen LogP contribution < -0.4 is 14.4 Å². The molecule has 2 aromatic carbocycles. The Labute approximate surface area is 222 Å². The molecular weight excluding hydrogens is 490 g/mol. The maximum absolute atomic E-state index is 13.4. The van der Waals surface area contributed by atoms with Crippen LogP contribution in [0.3, 0.4) is 0 Å². The Morgan fingerprint density at radius 3 is 2.35 bits per heavy atom. The largest absolute Gasteiger partial charge is 0.497 e. The average molecular weight is 532 g/mol. The van der Waals surface area contributed by atoms with Crippen LogP contribution in [0.5, 0.6) is 5.75 Å². The summed E-state index contributed by atoms with van der Waals surface area (Å²) >= 11 is 0. The van der Waals surface area contributed by atoms with E-state index in [-0.39, 0.29) is 37.2 Å². The van der Waals surface area contributed by atoms with Crippen molar-refractivity contribution in [3.63, 3.8) is 0 Å². The number of nitrogens with zero attached hydrogens (tertiary/aromatic N) is 2. The topological polar surface area (TPSA) is 96.0 Å². The molecule has 0 saturated carbocycles. The molecule has 1 atom stereocenters. The van der Waals surface area contributed by atoms with Gasteiger partial charge in [-0.1, -0.05) is 38.1 Å². The minimum Gasteiger partial charge on any atom is -0.497 e. The lowest BCUT2D eigenvalue weighted by atomic mass is 10.1. The summed E-state index contributed by atoms with van der Waals surface area (Å²) in [7, 11) is -1.97. The van der Waals surface area contributed by atoms with Gasteiger partial charge in [0, 0.05) is 26.1 Å². The van der Waals surface area contributed by atoms with E-state index in [0.29, 0.717) is 24.4 Å². The molecule has 2 aromatic rings. The molecular formula is C28H41N3O5S. The third kappa shape index (κ3) is 8.77. The number of amides is 2. The average Bonchev–Trinajstić information content (AvgIpc) is 2.84. The Bertz CT molecular complexity index is 1180. The van der Waals surface area contributed by atoms with Crippen molar-refractivity contribution in [2.24, 2.45) is 5.92 Å². The highest BCUT2D eigenvalue weighted by Gasteiger charge is 2.27.